The maximum atomic E-state index is 11.2. The molecule has 0 saturated carbocycles. The van der Waals surface area contributed by atoms with Crippen LogP contribution in [-0.4, -0.2) is 52.6 Å². The van der Waals surface area contributed by atoms with Crippen molar-refractivity contribution in [3.63, 3.8) is 0 Å². The van der Waals surface area contributed by atoms with Crippen molar-refractivity contribution in [1.29, 1.82) is 0 Å². The van der Waals surface area contributed by atoms with E-state index in [-0.39, 0.29) is 17.4 Å². The molecule has 43 heavy (non-hydrogen) atoms. The molecule has 12 nitrogen and oxygen atoms in total. The van der Waals surface area contributed by atoms with Crippen molar-refractivity contribution in [3.8, 4) is 0 Å². The molecule has 0 bridgehead atoms. The maximum absolute atomic E-state index is 11.2. The molecular formula is C30H21CrO12. The first kappa shape index (κ1) is 37.6. The van der Waals surface area contributed by atoms with Gasteiger partial charge in [-0.3, -0.25) is 28.8 Å². The summed E-state index contributed by atoms with van der Waals surface area (Å²) < 4.78 is 0. The van der Waals surface area contributed by atoms with Gasteiger partial charge in [0, 0.05) is 16.7 Å². The van der Waals surface area contributed by atoms with E-state index in [0.717, 1.165) is 0 Å². The van der Waals surface area contributed by atoms with E-state index in [2.05, 4.69) is 0 Å². The number of hydrogen-bond donors (Lipinski definition) is 0. The van der Waals surface area contributed by atoms with Gasteiger partial charge in [0.1, 0.15) is 17.9 Å². The SMILES string of the molecule is O=C([O-])C(=O)CC(=O)c1ccccc1.O=C([O-])C(=O)CC(=O)c1ccccc1.O=C([O-])C(=O)CC(=O)c1ccccc1.[Cr+3]. The van der Waals surface area contributed by atoms with Crippen molar-refractivity contribution < 1.29 is 75.8 Å². The Morgan fingerprint density at radius 2 is 0.558 bits per heavy atom. The van der Waals surface area contributed by atoms with Crippen LogP contribution in [0.25, 0.3) is 0 Å². The van der Waals surface area contributed by atoms with Gasteiger partial charge in [-0.2, -0.15) is 0 Å². The van der Waals surface area contributed by atoms with Crippen LogP contribution >= 0.6 is 0 Å². The zero-order valence-electron chi connectivity index (χ0n) is 22.1. The molecule has 0 N–H and O–H groups in total. The summed E-state index contributed by atoms with van der Waals surface area (Å²) in [6, 6.07) is 24.1. The van der Waals surface area contributed by atoms with E-state index in [1.165, 1.54) is 36.4 Å². The van der Waals surface area contributed by atoms with Crippen LogP contribution in [0.4, 0.5) is 0 Å². The summed E-state index contributed by atoms with van der Waals surface area (Å²) in [4.78, 5) is 95.8. The Morgan fingerprint density at radius 1 is 0.372 bits per heavy atom. The predicted octanol–water partition coefficient (Wildman–Crippen LogP) is -1.27. The van der Waals surface area contributed by atoms with Gasteiger partial charge in [-0.1, -0.05) is 91.0 Å². The monoisotopic (exact) mass is 625 g/mol. The molecule has 13 heteroatoms. The first-order chi connectivity index (χ1) is 19.8. The standard InChI is InChI=1S/3C10H8O4.Cr/c3*11-8(6-9(12)10(13)14)7-4-2-1-3-5-7;/h3*1-5H,6H2,(H,13,14);/q;;;+3/p-3. The number of benzene rings is 3. The van der Waals surface area contributed by atoms with Crippen LogP contribution in [-0.2, 0) is 46.1 Å². The molecule has 1 radical (unpaired) electrons. The molecule has 0 aromatic heterocycles. The first-order valence-electron chi connectivity index (χ1n) is 11.8. The van der Waals surface area contributed by atoms with Gasteiger partial charge in [-0.25, -0.2) is 0 Å². The Labute approximate surface area is 255 Å². The topological polar surface area (TPSA) is 223 Å². The first-order valence-corrected chi connectivity index (χ1v) is 11.8. The van der Waals surface area contributed by atoms with Crippen LogP contribution in [0.5, 0.6) is 0 Å². The average molecular weight is 625 g/mol. The van der Waals surface area contributed by atoms with Crippen LogP contribution in [0.3, 0.4) is 0 Å². The average Bonchev–Trinajstić information content (AvgIpc) is 2.98. The fraction of sp³-hybridized carbons (Fsp3) is 0.100. The Morgan fingerprint density at radius 3 is 0.721 bits per heavy atom. The molecule has 0 heterocycles. The van der Waals surface area contributed by atoms with Crippen LogP contribution < -0.4 is 15.3 Å². The Hall–Kier alpha value is -5.38. The summed E-state index contributed by atoms with van der Waals surface area (Å²) in [6.45, 7) is 0. The van der Waals surface area contributed by atoms with Crippen molar-refractivity contribution in [1.82, 2.24) is 0 Å². The van der Waals surface area contributed by atoms with E-state index in [1.54, 1.807) is 54.6 Å². The summed E-state index contributed by atoms with van der Waals surface area (Å²) in [7, 11) is 0. The molecule has 0 unspecified atom stereocenters. The normalized spacial score (nSPS) is 9.21. The minimum absolute atomic E-state index is 0. The number of rotatable bonds is 12. The molecule has 0 aliphatic heterocycles. The molecule has 0 amide bonds. The molecule has 3 rings (SSSR count). The summed E-state index contributed by atoms with van der Waals surface area (Å²) in [6.07, 6.45) is -1.94. The quantitative estimate of drug-likeness (QED) is 0.131. The number of carboxylic acids is 3. The second-order valence-electron chi connectivity index (χ2n) is 8.03. The molecule has 3 aromatic carbocycles. The van der Waals surface area contributed by atoms with Gasteiger partial charge in [-0.05, 0) is 0 Å². The summed E-state index contributed by atoms with van der Waals surface area (Å²) >= 11 is 0. The van der Waals surface area contributed by atoms with E-state index in [4.69, 9.17) is 0 Å². The largest absolute Gasteiger partial charge is 3.00 e. The molecular weight excluding hydrogens is 604 g/mol. The van der Waals surface area contributed by atoms with E-state index in [0.29, 0.717) is 16.7 Å². The minimum Gasteiger partial charge on any atom is -0.542 e. The fourth-order valence-corrected chi connectivity index (χ4v) is 2.83. The zero-order valence-corrected chi connectivity index (χ0v) is 23.4. The Balaban J connectivity index is 0.000000608. The third kappa shape index (κ3) is 14.7. The van der Waals surface area contributed by atoms with Gasteiger partial charge in [0.25, 0.3) is 0 Å². The van der Waals surface area contributed by atoms with Crippen molar-refractivity contribution in [3.05, 3.63) is 108 Å². The predicted molar refractivity (Wildman–Crippen MR) is 136 cm³/mol. The molecule has 0 fully saturated rings. The smallest absolute Gasteiger partial charge is 0.542 e. The second-order valence-corrected chi connectivity index (χ2v) is 8.03. The van der Waals surface area contributed by atoms with Gasteiger partial charge < -0.3 is 29.7 Å². The molecule has 0 saturated heterocycles. The summed E-state index contributed by atoms with van der Waals surface area (Å²) in [5, 5.41) is 30.2. The molecule has 219 valence electrons. The molecule has 0 spiro atoms. The van der Waals surface area contributed by atoms with Gasteiger partial charge >= 0.3 is 17.4 Å². The number of carboxylic acid groups (broad SMARTS) is 3. The Bertz CT molecular complexity index is 1290. The van der Waals surface area contributed by atoms with E-state index >= 15 is 0 Å². The van der Waals surface area contributed by atoms with Crippen LogP contribution in [0.15, 0.2) is 91.0 Å². The van der Waals surface area contributed by atoms with E-state index < -0.39 is 71.9 Å². The van der Waals surface area contributed by atoms with Gasteiger partial charge in [0.15, 0.2) is 34.7 Å². The van der Waals surface area contributed by atoms with Crippen LogP contribution in [0, 0.1) is 0 Å². The number of carbonyl (C=O) groups excluding carboxylic acids is 9. The number of Topliss-reactive ketones (excluding diaryl/α,β-unsaturated/α-hetero) is 6. The third-order valence-electron chi connectivity index (χ3n) is 4.93. The van der Waals surface area contributed by atoms with Crippen LogP contribution in [0.1, 0.15) is 50.3 Å². The maximum Gasteiger partial charge on any atom is 3.00 e. The summed E-state index contributed by atoms with van der Waals surface area (Å²) in [5.41, 5.74) is 0.964. The molecule has 0 aliphatic carbocycles. The number of aliphatic carboxylic acids is 3. The Kier molecular flexibility index (Phi) is 17.2. The number of ketones is 6. The van der Waals surface area contributed by atoms with E-state index in [1.807, 2.05) is 0 Å². The van der Waals surface area contributed by atoms with Gasteiger partial charge in [0.05, 0.1) is 19.3 Å². The third-order valence-corrected chi connectivity index (χ3v) is 4.93. The fourth-order valence-electron chi connectivity index (χ4n) is 2.83. The molecule has 0 aliphatic rings. The van der Waals surface area contributed by atoms with Gasteiger partial charge in [0.2, 0.25) is 0 Å². The van der Waals surface area contributed by atoms with Gasteiger partial charge in [-0.15, -0.1) is 0 Å². The van der Waals surface area contributed by atoms with Crippen LogP contribution in [0.2, 0.25) is 0 Å². The minimum atomic E-state index is -1.82. The van der Waals surface area contributed by atoms with Crippen molar-refractivity contribution in [2.24, 2.45) is 0 Å². The number of carbonyl (C=O) groups is 9. The van der Waals surface area contributed by atoms with E-state index in [9.17, 15) is 58.5 Å². The summed E-state index contributed by atoms with van der Waals surface area (Å²) in [5.74, 6) is -10.6. The van der Waals surface area contributed by atoms with Crippen molar-refractivity contribution in [2.45, 2.75) is 19.3 Å². The van der Waals surface area contributed by atoms with Crippen molar-refractivity contribution >= 4 is 52.6 Å². The molecule has 3 aromatic rings. The number of hydrogen-bond acceptors (Lipinski definition) is 12. The van der Waals surface area contributed by atoms with Crippen molar-refractivity contribution in [2.75, 3.05) is 0 Å². The zero-order chi connectivity index (χ0) is 31.7. The second kappa shape index (κ2) is 19.7. The molecule has 0 atom stereocenters.